The van der Waals surface area contributed by atoms with Gasteiger partial charge in [0.2, 0.25) is 0 Å². The fourth-order valence-corrected chi connectivity index (χ4v) is 4.41. The van der Waals surface area contributed by atoms with Crippen LogP contribution in [0.1, 0.15) is 28.1 Å². The smallest absolute Gasteiger partial charge is 0.318 e. The van der Waals surface area contributed by atoms with E-state index < -0.39 is 17.8 Å². The maximum Gasteiger partial charge on any atom is 0.335 e. The molecule has 0 aliphatic carbocycles. The summed E-state index contributed by atoms with van der Waals surface area (Å²) in [5.41, 5.74) is 5.81. The van der Waals surface area contributed by atoms with Crippen molar-refractivity contribution in [3.8, 4) is 5.69 Å². The Balaban J connectivity index is 1.77. The van der Waals surface area contributed by atoms with Crippen LogP contribution in [0.2, 0.25) is 0 Å². The minimum atomic E-state index is -0.744. The highest BCUT2D eigenvalue weighted by Gasteiger charge is 2.37. The van der Waals surface area contributed by atoms with E-state index in [0.29, 0.717) is 5.69 Å². The Hall–Kier alpha value is -3.20. The van der Waals surface area contributed by atoms with Crippen LogP contribution in [0, 0.1) is 31.3 Å². The monoisotopic (exact) mass is 539 g/mol. The number of barbiturate groups is 1. The molecule has 6 nitrogen and oxygen atoms in total. The van der Waals surface area contributed by atoms with Crippen molar-refractivity contribution in [3.05, 3.63) is 85.8 Å². The lowest BCUT2D eigenvalue weighted by Gasteiger charge is -2.27. The van der Waals surface area contributed by atoms with Gasteiger partial charge < -0.3 is 4.57 Å². The van der Waals surface area contributed by atoms with Gasteiger partial charge in [0.15, 0.2) is 0 Å². The van der Waals surface area contributed by atoms with E-state index in [2.05, 4.69) is 32.5 Å². The molecule has 1 aromatic heterocycles. The summed E-state index contributed by atoms with van der Waals surface area (Å²) in [5, 5.41) is 2.30. The number of nitrogens with zero attached hydrogens (tertiary/aromatic N) is 2. The second-order valence-electron chi connectivity index (χ2n) is 7.94. The SMILES string of the molecule is Cc1cc(C)cc(N2C(=O)NC(=O)/C(=C\c3cc(C)n(-c4ccc(I)cc4)c3C)C2=O)c1. The van der Waals surface area contributed by atoms with E-state index in [1.54, 1.807) is 18.2 Å². The van der Waals surface area contributed by atoms with E-state index in [9.17, 15) is 14.4 Å². The summed E-state index contributed by atoms with van der Waals surface area (Å²) < 4.78 is 3.21. The first-order chi connectivity index (χ1) is 15.2. The first-order valence-corrected chi connectivity index (χ1v) is 11.2. The second-order valence-corrected chi connectivity index (χ2v) is 9.19. The van der Waals surface area contributed by atoms with Crippen LogP contribution < -0.4 is 10.2 Å². The molecule has 1 N–H and O–H groups in total. The second kappa shape index (κ2) is 8.38. The van der Waals surface area contributed by atoms with E-state index in [4.69, 9.17) is 0 Å². The number of anilines is 1. The number of aromatic nitrogens is 1. The van der Waals surface area contributed by atoms with Crippen LogP contribution in [0.15, 0.2) is 54.1 Å². The van der Waals surface area contributed by atoms with E-state index in [0.717, 1.165) is 42.2 Å². The van der Waals surface area contributed by atoms with Crippen LogP contribution in [0.5, 0.6) is 0 Å². The molecule has 2 aromatic carbocycles. The Kier molecular flexibility index (Phi) is 5.77. The van der Waals surface area contributed by atoms with Crippen LogP contribution >= 0.6 is 22.6 Å². The van der Waals surface area contributed by atoms with Crippen molar-refractivity contribution in [2.45, 2.75) is 27.7 Å². The molecule has 162 valence electrons. The summed E-state index contributed by atoms with van der Waals surface area (Å²) in [7, 11) is 0. The summed E-state index contributed by atoms with van der Waals surface area (Å²) in [5.74, 6) is -1.33. The van der Waals surface area contributed by atoms with Gasteiger partial charge in [-0.2, -0.15) is 0 Å². The molecule has 0 atom stereocenters. The van der Waals surface area contributed by atoms with Crippen LogP contribution in [-0.4, -0.2) is 22.4 Å². The fraction of sp³-hybridized carbons (Fsp3) is 0.160. The van der Waals surface area contributed by atoms with Crippen molar-refractivity contribution < 1.29 is 14.4 Å². The maximum atomic E-state index is 13.3. The predicted molar refractivity (Wildman–Crippen MR) is 133 cm³/mol. The lowest BCUT2D eigenvalue weighted by Crippen LogP contribution is -2.54. The van der Waals surface area contributed by atoms with Crippen LogP contribution in [-0.2, 0) is 9.59 Å². The van der Waals surface area contributed by atoms with Gasteiger partial charge in [0.05, 0.1) is 5.69 Å². The zero-order valence-corrected chi connectivity index (χ0v) is 20.4. The van der Waals surface area contributed by atoms with Crippen molar-refractivity contribution in [1.82, 2.24) is 9.88 Å². The zero-order valence-electron chi connectivity index (χ0n) is 18.2. The molecular weight excluding hydrogens is 517 g/mol. The average molecular weight is 539 g/mol. The average Bonchev–Trinajstić information content (AvgIpc) is 2.98. The normalized spacial score (nSPS) is 15.5. The van der Waals surface area contributed by atoms with Gasteiger partial charge >= 0.3 is 6.03 Å². The Labute approximate surface area is 200 Å². The maximum absolute atomic E-state index is 13.3. The van der Waals surface area contributed by atoms with Crippen LogP contribution in [0.4, 0.5) is 10.5 Å². The van der Waals surface area contributed by atoms with E-state index in [-0.39, 0.29) is 5.57 Å². The summed E-state index contributed by atoms with van der Waals surface area (Å²) in [6.07, 6.45) is 1.56. The van der Waals surface area contributed by atoms with Crippen LogP contribution in [0.25, 0.3) is 11.8 Å². The predicted octanol–water partition coefficient (Wildman–Crippen LogP) is 4.98. The number of imide groups is 2. The quantitative estimate of drug-likeness (QED) is 0.290. The summed E-state index contributed by atoms with van der Waals surface area (Å²) in [4.78, 5) is 39.4. The van der Waals surface area contributed by atoms with Gasteiger partial charge in [0.1, 0.15) is 5.57 Å². The van der Waals surface area contributed by atoms with Gasteiger partial charge in [0, 0.05) is 20.6 Å². The van der Waals surface area contributed by atoms with Gasteiger partial charge in [-0.1, -0.05) is 6.07 Å². The third kappa shape index (κ3) is 4.00. The topological polar surface area (TPSA) is 71.4 Å². The molecule has 1 aliphatic heterocycles. The summed E-state index contributed by atoms with van der Waals surface area (Å²) in [6.45, 7) is 7.70. The number of amides is 4. The van der Waals surface area contributed by atoms with E-state index >= 15 is 0 Å². The Bertz CT molecular complexity index is 1280. The molecule has 0 spiro atoms. The third-order valence-corrected chi connectivity index (χ3v) is 6.14. The highest BCUT2D eigenvalue weighted by Crippen LogP contribution is 2.27. The number of benzene rings is 2. The van der Waals surface area contributed by atoms with Gasteiger partial charge in [0.25, 0.3) is 11.8 Å². The van der Waals surface area contributed by atoms with Crippen molar-refractivity contribution in [2.75, 3.05) is 4.90 Å². The number of aryl methyl sites for hydroxylation is 3. The Morgan fingerprint density at radius 2 is 1.47 bits per heavy atom. The molecule has 7 heteroatoms. The van der Waals surface area contributed by atoms with E-state index in [1.807, 2.05) is 64.1 Å². The standard InChI is InChI=1S/C25H22IN3O3/c1-14-9-15(2)11-21(10-14)29-24(31)22(23(30)27-25(29)32)13-18-12-16(3)28(17(18)4)20-7-5-19(26)6-8-20/h5-13H,1-4H3,(H,27,30,32)/b22-13+. The first kappa shape index (κ1) is 22.0. The van der Waals surface area contributed by atoms with Crippen LogP contribution in [0.3, 0.4) is 0 Å². The molecule has 4 amide bonds. The van der Waals surface area contributed by atoms with Crippen molar-refractivity contribution in [2.24, 2.45) is 0 Å². The molecule has 0 radical (unpaired) electrons. The fourth-order valence-electron chi connectivity index (χ4n) is 4.05. The number of urea groups is 1. The Morgan fingerprint density at radius 1 is 0.844 bits per heavy atom. The molecule has 1 aliphatic rings. The number of halogens is 1. The van der Waals surface area contributed by atoms with E-state index in [1.165, 1.54) is 0 Å². The number of rotatable bonds is 3. The molecule has 1 fully saturated rings. The van der Waals surface area contributed by atoms with Crippen molar-refractivity contribution >= 4 is 52.2 Å². The number of hydrogen-bond donors (Lipinski definition) is 1. The molecule has 0 unspecified atom stereocenters. The highest BCUT2D eigenvalue weighted by molar-refractivity contribution is 14.1. The van der Waals surface area contributed by atoms with Crippen molar-refractivity contribution in [3.63, 3.8) is 0 Å². The largest absolute Gasteiger partial charge is 0.335 e. The highest BCUT2D eigenvalue weighted by atomic mass is 127. The molecule has 3 aromatic rings. The third-order valence-electron chi connectivity index (χ3n) is 5.42. The van der Waals surface area contributed by atoms with Gasteiger partial charge in [-0.25, -0.2) is 9.69 Å². The molecule has 32 heavy (non-hydrogen) atoms. The summed E-state index contributed by atoms with van der Waals surface area (Å²) in [6, 6.07) is 14.7. The molecular formula is C25H22IN3O3. The molecule has 0 saturated carbocycles. The lowest BCUT2D eigenvalue weighted by molar-refractivity contribution is -0.122. The summed E-state index contributed by atoms with van der Waals surface area (Å²) >= 11 is 2.26. The lowest BCUT2D eigenvalue weighted by atomic mass is 10.1. The van der Waals surface area contributed by atoms with Gasteiger partial charge in [-0.15, -0.1) is 0 Å². The molecule has 4 rings (SSSR count). The number of nitrogens with one attached hydrogen (secondary N) is 1. The zero-order chi connectivity index (χ0) is 23.2. The van der Waals surface area contributed by atoms with Crippen molar-refractivity contribution in [1.29, 1.82) is 0 Å². The minimum Gasteiger partial charge on any atom is -0.318 e. The molecule has 2 heterocycles. The number of hydrogen-bond acceptors (Lipinski definition) is 3. The van der Waals surface area contributed by atoms with Gasteiger partial charge in [-0.3, -0.25) is 14.9 Å². The first-order valence-electron chi connectivity index (χ1n) is 10.1. The molecule has 0 bridgehead atoms. The Morgan fingerprint density at radius 3 is 2.09 bits per heavy atom. The number of carbonyl (C=O) groups excluding carboxylic acids is 3. The molecule has 1 saturated heterocycles. The van der Waals surface area contributed by atoms with Gasteiger partial charge in [-0.05, 0) is 116 Å². The minimum absolute atomic E-state index is 0.0772. The number of carbonyl (C=O) groups is 3.